The highest BCUT2D eigenvalue weighted by molar-refractivity contribution is 6.35. The van der Waals surface area contributed by atoms with Crippen molar-refractivity contribution in [3.05, 3.63) is 22.7 Å². The van der Waals surface area contributed by atoms with Gasteiger partial charge in [0.15, 0.2) is 11.5 Å². The molecule has 14 heavy (non-hydrogen) atoms. The second-order valence-electron chi connectivity index (χ2n) is 2.76. The van der Waals surface area contributed by atoms with Crippen LogP contribution in [-0.4, -0.2) is 24.3 Å². The first-order valence-corrected chi connectivity index (χ1v) is 4.39. The Bertz CT molecular complexity index is 389. The topological polar surface area (TPSA) is 55.8 Å². The first-order chi connectivity index (χ1) is 6.70. The number of fused-ring (bicyclic) bond motifs is 1. The largest absolute Gasteiger partial charge is 0.486 e. The maximum Gasteiger partial charge on any atom is 0.337 e. The molecule has 0 unspecified atom stereocenters. The lowest BCUT2D eigenvalue weighted by molar-refractivity contribution is 0.0696. The summed E-state index contributed by atoms with van der Waals surface area (Å²) in [6.45, 7) is 0.839. The fraction of sp³-hybridized carbons (Fsp3) is 0.222. The first kappa shape index (κ1) is 9.15. The summed E-state index contributed by atoms with van der Waals surface area (Å²) in [6.07, 6.45) is 0. The maximum absolute atomic E-state index is 10.7. The molecular weight excluding hydrogens is 208 g/mol. The van der Waals surface area contributed by atoms with Crippen molar-refractivity contribution in [1.29, 1.82) is 0 Å². The summed E-state index contributed by atoms with van der Waals surface area (Å²) in [7, 11) is 0. The Morgan fingerprint density at radius 1 is 1.36 bits per heavy atom. The van der Waals surface area contributed by atoms with Gasteiger partial charge in [-0.1, -0.05) is 11.6 Å². The molecule has 1 aromatic carbocycles. The van der Waals surface area contributed by atoms with E-state index in [1.54, 1.807) is 6.07 Å². The van der Waals surface area contributed by atoms with Crippen molar-refractivity contribution in [2.45, 2.75) is 0 Å². The third kappa shape index (κ3) is 1.37. The summed E-state index contributed by atoms with van der Waals surface area (Å²) in [5, 5.41) is 8.88. The lowest BCUT2D eigenvalue weighted by Crippen LogP contribution is -2.16. The number of benzene rings is 1. The van der Waals surface area contributed by atoms with E-state index in [-0.39, 0.29) is 10.6 Å². The highest BCUT2D eigenvalue weighted by atomic mass is 35.5. The van der Waals surface area contributed by atoms with Crippen LogP contribution in [0.5, 0.6) is 11.5 Å². The van der Waals surface area contributed by atoms with Crippen LogP contribution >= 0.6 is 11.6 Å². The van der Waals surface area contributed by atoms with Gasteiger partial charge >= 0.3 is 5.97 Å². The molecule has 0 fully saturated rings. The van der Waals surface area contributed by atoms with Gasteiger partial charge in [-0.3, -0.25) is 0 Å². The number of aromatic carboxylic acids is 1. The number of carboxylic acids is 1. The van der Waals surface area contributed by atoms with Crippen LogP contribution in [0, 0.1) is 0 Å². The third-order valence-corrected chi connectivity index (χ3v) is 2.25. The Balaban J connectivity index is 2.54. The fourth-order valence-corrected chi connectivity index (χ4v) is 1.54. The minimum Gasteiger partial charge on any atom is -0.486 e. The van der Waals surface area contributed by atoms with E-state index in [1.165, 1.54) is 6.07 Å². The van der Waals surface area contributed by atoms with Crippen LogP contribution in [0.4, 0.5) is 0 Å². The molecular formula is C9H7ClO4. The number of hydrogen-bond donors (Lipinski definition) is 1. The average molecular weight is 215 g/mol. The van der Waals surface area contributed by atoms with E-state index in [1.807, 2.05) is 0 Å². The molecule has 0 spiro atoms. The van der Waals surface area contributed by atoms with Crippen LogP contribution in [0.3, 0.4) is 0 Å². The Kier molecular flexibility index (Phi) is 2.21. The average Bonchev–Trinajstić information content (AvgIpc) is 2.18. The molecule has 1 aromatic rings. The molecule has 74 valence electrons. The van der Waals surface area contributed by atoms with E-state index in [0.717, 1.165) is 0 Å². The third-order valence-electron chi connectivity index (χ3n) is 1.88. The predicted octanol–water partition coefficient (Wildman–Crippen LogP) is 1.81. The zero-order valence-electron chi connectivity index (χ0n) is 7.12. The second kappa shape index (κ2) is 3.38. The highest BCUT2D eigenvalue weighted by Crippen LogP contribution is 2.39. The maximum atomic E-state index is 10.7. The van der Waals surface area contributed by atoms with Gasteiger partial charge in [-0.15, -0.1) is 0 Å². The van der Waals surface area contributed by atoms with Crippen molar-refractivity contribution in [2.75, 3.05) is 13.2 Å². The van der Waals surface area contributed by atoms with Gasteiger partial charge in [0.25, 0.3) is 0 Å². The molecule has 5 heteroatoms. The number of hydrogen-bond acceptors (Lipinski definition) is 3. The van der Waals surface area contributed by atoms with E-state index in [9.17, 15) is 4.79 Å². The van der Waals surface area contributed by atoms with Gasteiger partial charge in [-0.2, -0.15) is 0 Å². The van der Waals surface area contributed by atoms with Gasteiger partial charge in [-0.25, -0.2) is 4.79 Å². The van der Waals surface area contributed by atoms with Crippen molar-refractivity contribution in [3.8, 4) is 11.5 Å². The smallest absolute Gasteiger partial charge is 0.337 e. The Morgan fingerprint density at radius 3 is 2.79 bits per heavy atom. The first-order valence-electron chi connectivity index (χ1n) is 4.01. The summed E-state index contributed by atoms with van der Waals surface area (Å²) in [4.78, 5) is 10.7. The van der Waals surface area contributed by atoms with E-state index in [2.05, 4.69) is 0 Å². The van der Waals surface area contributed by atoms with Gasteiger partial charge in [0.1, 0.15) is 18.2 Å². The van der Waals surface area contributed by atoms with Crippen LogP contribution in [0.25, 0.3) is 0 Å². The Morgan fingerprint density at radius 2 is 2.07 bits per heavy atom. The van der Waals surface area contributed by atoms with Crippen LogP contribution in [-0.2, 0) is 0 Å². The molecule has 2 rings (SSSR count). The second-order valence-corrected chi connectivity index (χ2v) is 3.13. The van der Waals surface area contributed by atoms with Gasteiger partial charge in [0, 0.05) is 0 Å². The summed E-state index contributed by atoms with van der Waals surface area (Å²) in [5.41, 5.74) is 0.0240. The standard InChI is InChI=1S/C9H7ClO4/c10-7-5(9(11)12)1-2-6-8(7)14-4-3-13-6/h1-2H,3-4H2,(H,11,12). The summed E-state index contributed by atoms with van der Waals surface area (Å²) in [5.74, 6) is -0.268. The number of ether oxygens (including phenoxy) is 2. The quantitative estimate of drug-likeness (QED) is 0.775. The molecule has 1 N–H and O–H groups in total. The van der Waals surface area contributed by atoms with Gasteiger partial charge in [0.05, 0.1) is 5.56 Å². The molecule has 1 aliphatic heterocycles. The normalized spacial score (nSPS) is 13.8. The Hall–Kier alpha value is -1.42. The predicted molar refractivity (Wildman–Crippen MR) is 49.4 cm³/mol. The number of carboxylic acid groups (broad SMARTS) is 1. The monoisotopic (exact) mass is 214 g/mol. The van der Waals surface area contributed by atoms with Crippen molar-refractivity contribution in [1.82, 2.24) is 0 Å². The number of rotatable bonds is 1. The van der Waals surface area contributed by atoms with Crippen LogP contribution in [0.1, 0.15) is 10.4 Å². The number of halogens is 1. The zero-order valence-corrected chi connectivity index (χ0v) is 7.87. The van der Waals surface area contributed by atoms with Crippen molar-refractivity contribution in [2.24, 2.45) is 0 Å². The summed E-state index contributed by atoms with van der Waals surface area (Å²) >= 11 is 5.84. The van der Waals surface area contributed by atoms with E-state index >= 15 is 0 Å². The van der Waals surface area contributed by atoms with Gasteiger partial charge in [-0.05, 0) is 12.1 Å². The fourth-order valence-electron chi connectivity index (χ4n) is 1.25. The minimum absolute atomic E-state index is 0.0240. The van der Waals surface area contributed by atoms with E-state index in [4.69, 9.17) is 26.2 Å². The molecule has 0 radical (unpaired) electrons. The molecule has 0 saturated carbocycles. The minimum atomic E-state index is -1.08. The van der Waals surface area contributed by atoms with E-state index in [0.29, 0.717) is 24.7 Å². The molecule has 0 aromatic heterocycles. The molecule has 1 heterocycles. The molecule has 0 bridgehead atoms. The number of carbonyl (C=O) groups is 1. The molecule has 0 atom stereocenters. The Labute approximate surface area is 85.0 Å². The van der Waals surface area contributed by atoms with Crippen LogP contribution < -0.4 is 9.47 Å². The summed E-state index contributed by atoms with van der Waals surface area (Å²) in [6, 6.07) is 2.95. The molecule has 4 nitrogen and oxygen atoms in total. The van der Waals surface area contributed by atoms with Crippen molar-refractivity contribution in [3.63, 3.8) is 0 Å². The van der Waals surface area contributed by atoms with Crippen molar-refractivity contribution < 1.29 is 19.4 Å². The molecule has 0 aliphatic carbocycles. The van der Waals surface area contributed by atoms with Gasteiger partial charge < -0.3 is 14.6 Å². The lowest BCUT2D eigenvalue weighted by Gasteiger charge is -2.19. The van der Waals surface area contributed by atoms with E-state index < -0.39 is 5.97 Å². The zero-order chi connectivity index (χ0) is 10.1. The molecule has 1 aliphatic rings. The van der Waals surface area contributed by atoms with Crippen molar-refractivity contribution >= 4 is 17.6 Å². The van der Waals surface area contributed by atoms with Crippen LogP contribution in [0.15, 0.2) is 12.1 Å². The van der Waals surface area contributed by atoms with Crippen LogP contribution in [0.2, 0.25) is 5.02 Å². The highest BCUT2D eigenvalue weighted by Gasteiger charge is 2.20. The van der Waals surface area contributed by atoms with Gasteiger partial charge in [0.2, 0.25) is 0 Å². The SMILES string of the molecule is O=C(O)c1ccc2c(c1Cl)OCCO2. The summed E-state index contributed by atoms with van der Waals surface area (Å²) < 4.78 is 10.5. The lowest BCUT2D eigenvalue weighted by atomic mass is 10.2. The molecule has 0 amide bonds. The molecule has 0 saturated heterocycles.